The smallest absolute Gasteiger partial charge is 0.407 e. The minimum absolute atomic E-state index is 0.297. The third-order valence-electron chi connectivity index (χ3n) is 5.25. The third-order valence-corrected chi connectivity index (χ3v) is 5.25. The van der Waals surface area contributed by atoms with Gasteiger partial charge in [-0.25, -0.2) is 4.79 Å². The van der Waals surface area contributed by atoms with Gasteiger partial charge in [0.05, 0.1) is 0 Å². The van der Waals surface area contributed by atoms with E-state index in [1.165, 1.54) is 44.9 Å². The Morgan fingerprint density at radius 2 is 1.87 bits per heavy atom. The Kier molecular flexibility index (Phi) is 5.99. The van der Waals surface area contributed by atoms with Gasteiger partial charge in [0.2, 0.25) is 0 Å². The van der Waals surface area contributed by atoms with Crippen LogP contribution in [0.15, 0.2) is 0 Å². The van der Waals surface area contributed by atoms with Crippen molar-refractivity contribution in [1.29, 1.82) is 0 Å². The first-order chi connectivity index (χ1) is 10.6. The molecule has 2 fully saturated rings. The van der Waals surface area contributed by atoms with Gasteiger partial charge in [-0.2, -0.15) is 0 Å². The highest BCUT2D eigenvalue weighted by Crippen LogP contribution is 2.38. The molecule has 0 saturated heterocycles. The van der Waals surface area contributed by atoms with Crippen molar-refractivity contribution >= 4 is 6.09 Å². The van der Waals surface area contributed by atoms with Gasteiger partial charge in [0.25, 0.3) is 0 Å². The second-order valence-corrected chi connectivity index (χ2v) is 9.30. The van der Waals surface area contributed by atoms with Crippen LogP contribution < -0.4 is 10.6 Å². The Hall–Kier alpha value is -0.770. The zero-order valence-electron chi connectivity index (χ0n) is 15.7. The number of hydrogen-bond donors (Lipinski definition) is 2. The summed E-state index contributed by atoms with van der Waals surface area (Å²) in [4.78, 5) is 12.0. The quantitative estimate of drug-likeness (QED) is 0.795. The number of hydrogen-bond acceptors (Lipinski definition) is 3. The molecule has 4 nitrogen and oxygen atoms in total. The fraction of sp³-hybridized carbons (Fsp3) is 0.947. The third kappa shape index (κ3) is 6.33. The molecule has 0 heterocycles. The SMILES string of the molecule is CC1(C)CCC(NC(CNC(=O)OC(C)(C)C)C2CCCC2)C1. The molecule has 2 unspecified atom stereocenters. The normalized spacial score (nSPS) is 26.2. The Bertz CT molecular complexity index is 395. The van der Waals surface area contributed by atoms with E-state index in [1.54, 1.807) is 0 Å². The van der Waals surface area contributed by atoms with Crippen molar-refractivity contribution in [3.05, 3.63) is 0 Å². The standard InChI is InChI=1S/C19H36N2O2/c1-18(2,3)23-17(22)20-13-16(14-8-6-7-9-14)21-15-10-11-19(4,5)12-15/h14-16,21H,6-13H2,1-5H3,(H,20,22). The number of amides is 1. The minimum Gasteiger partial charge on any atom is -0.444 e. The summed E-state index contributed by atoms with van der Waals surface area (Å²) in [5.41, 5.74) is 0.0202. The molecule has 0 aromatic heterocycles. The van der Waals surface area contributed by atoms with Crippen molar-refractivity contribution in [2.75, 3.05) is 6.54 Å². The molecular formula is C19H36N2O2. The van der Waals surface area contributed by atoms with Gasteiger partial charge in [-0.3, -0.25) is 0 Å². The Balaban J connectivity index is 1.86. The van der Waals surface area contributed by atoms with E-state index in [2.05, 4.69) is 24.5 Å². The van der Waals surface area contributed by atoms with Gasteiger partial charge in [0, 0.05) is 18.6 Å². The van der Waals surface area contributed by atoms with Crippen LogP contribution in [0.2, 0.25) is 0 Å². The summed E-state index contributed by atoms with van der Waals surface area (Å²) in [7, 11) is 0. The lowest BCUT2D eigenvalue weighted by molar-refractivity contribution is 0.0516. The fourth-order valence-corrected chi connectivity index (χ4v) is 4.11. The molecule has 2 aliphatic rings. The maximum Gasteiger partial charge on any atom is 0.407 e. The lowest BCUT2D eigenvalue weighted by atomic mass is 9.91. The van der Waals surface area contributed by atoms with Crippen molar-refractivity contribution in [3.8, 4) is 0 Å². The summed E-state index contributed by atoms with van der Waals surface area (Å²) in [5.74, 6) is 0.689. The minimum atomic E-state index is -0.435. The maximum absolute atomic E-state index is 12.0. The molecule has 2 aliphatic carbocycles. The van der Waals surface area contributed by atoms with Crippen molar-refractivity contribution in [2.45, 2.75) is 97.2 Å². The first kappa shape index (κ1) is 18.6. The molecule has 2 rings (SSSR count). The van der Waals surface area contributed by atoms with E-state index in [4.69, 9.17) is 4.74 Å². The lowest BCUT2D eigenvalue weighted by Crippen LogP contribution is -2.49. The van der Waals surface area contributed by atoms with E-state index in [1.807, 2.05) is 20.8 Å². The van der Waals surface area contributed by atoms with Crippen molar-refractivity contribution in [2.24, 2.45) is 11.3 Å². The van der Waals surface area contributed by atoms with Crippen molar-refractivity contribution in [1.82, 2.24) is 10.6 Å². The average molecular weight is 325 g/mol. The molecule has 0 aromatic carbocycles. The Morgan fingerprint density at radius 3 is 2.39 bits per heavy atom. The Morgan fingerprint density at radius 1 is 1.22 bits per heavy atom. The highest BCUT2D eigenvalue weighted by molar-refractivity contribution is 5.67. The first-order valence-electron chi connectivity index (χ1n) is 9.37. The van der Waals surface area contributed by atoms with Gasteiger partial charge >= 0.3 is 6.09 Å². The highest BCUT2D eigenvalue weighted by atomic mass is 16.6. The van der Waals surface area contributed by atoms with Crippen LogP contribution in [0.3, 0.4) is 0 Å². The van der Waals surface area contributed by atoms with Gasteiger partial charge in [0.1, 0.15) is 5.60 Å². The second-order valence-electron chi connectivity index (χ2n) is 9.30. The van der Waals surface area contributed by atoms with Crippen LogP contribution in [0.5, 0.6) is 0 Å². The largest absolute Gasteiger partial charge is 0.444 e. The topological polar surface area (TPSA) is 50.4 Å². The molecule has 23 heavy (non-hydrogen) atoms. The molecule has 0 aliphatic heterocycles. The molecule has 2 atom stereocenters. The van der Waals surface area contributed by atoms with Crippen LogP contribution in [-0.2, 0) is 4.74 Å². The van der Waals surface area contributed by atoms with Crippen LogP contribution in [-0.4, -0.2) is 30.3 Å². The van der Waals surface area contributed by atoms with Gasteiger partial charge in [0.15, 0.2) is 0 Å². The maximum atomic E-state index is 12.0. The van der Waals surface area contributed by atoms with E-state index in [0.29, 0.717) is 30.0 Å². The van der Waals surface area contributed by atoms with E-state index in [0.717, 1.165) is 0 Å². The predicted molar refractivity (Wildman–Crippen MR) is 94.5 cm³/mol. The lowest BCUT2D eigenvalue weighted by Gasteiger charge is -2.29. The molecule has 0 bridgehead atoms. The first-order valence-corrected chi connectivity index (χ1v) is 9.37. The van der Waals surface area contributed by atoms with Crippen LogP contribution >= 0.6 is 0 Å². The number of nitrogens with one attached hydrogen (secondary N) is 2. The van der Waals surface area contributed by atoms with Crippen LogP contribution in [0, 0.1) is 11.3 Å². The molecule has 0 aromatic rings. The van der Waals surface area contributed by atoms with E-state index in [9.17, 15) is 4.79 Å². The van der Waals surface area contributed by atoms with Gasteiger partial charge < -0.3 is 15.4 Å². The van der Waals surface area contributed by atoms with E-state index < -0.39 is 5.60 Å². The number of carbonyl (C=O) groups excluding carboxylic acids is 1. The zero-order valence-corrected chi connectivity index (χ0v) is 15.7. The summed E-state index contributed by atoms with van der Waals surface area (Å²) < 4.78 is 5.38. The molecule has 134 valence electrons. The van der Waals surface area contributed by atoms with Crippen molar-refractivity contribution < 1.29 is 9.53 Å². The molecular weight excluding hydrogens is 288 g/mol. The van der Waals surface area contributed by atoms with Gasteiger partial charge in [-0.05, 0) is 64.2 Å². The average Bonchev–Trinajstić information content (AvgIpc) is 3.02. The van der Waals surface area contributed by atoms with Gasteiger partial charge in [-0.1, -0.05) is 26.7 Å². The number of ether oxygens (including phenoxy) is 1. The number of rotatable bonds is 5. The summed E-state index contributed by atoms with van der Waals surface area (Å²) in [6.07, 6.45) is 8.70. The molecule has 1 amide bonds. The van der Waals surface area contributed by atoms with E-state index >= 15 is 0 Å². The van der Waals surface area contributed by atoms with Gasteiger partial charge in [-0.15, -0.1) is 0 Å². The molecule has 2 N–H and O–H groups in total. The fourth-order valence-electron chi connectivity index (χ4n) is 4.11. The number of carbonyl (C=O) groups is 1. The second kappa shape index (κ2) is 7.42. The summed E-state index contributed by atoms with van der Waals surface area (Å²) in [6.45, 7) is 11.1. The van der Waals surface area contributed by atoms with Crippen LogP contribution in [0.1, 0.15) is 79.6 Å². The Labute approximate surface area is 142 Å². The molecule has 4 heteroatoms. The highest BCUT2D eigenvalue weighted by Gasteiger charge is 2.34. The van der Waals surface area contributed by atoms with Crippen LogP contribution in [0.25, 0.3) is 0 Å². The predicted octanol–water partition coefficient (Wildman–Crippen LogP) is 4.24. The summed E-state index contributed by atoms with van der Waals surface area (Å²) >= 11 is 0. The molecule has 2 saturated carbocycles. The summed E-state index contributed by atoms with van der Waals surface area (Å²) in [5, 5.41) is 6.85. The number of alkyl carbamates (subject to hydrolysis) is 1. The van der Waals surface area contributed by atoms with Crippen LogP contribution in [0.4, 0.5) is 4.79 Å². The summed E-state index contributed by atoms with van der Waals surface area (Å²) in [6, 6.07) is 0.972. The monoisotopic (exact) mass is 324 g/mol. The molecule has 0 radical (unpaired) electrons. The molecule has 0 spiro atoms. The zero-order chi connectivity index (χ0) is 17.1. The van der Waals surface area contributed by atoms with Crippen molar-refractivity contribution in [3.63, 3.8) is 0 Å². The van der Waals surface area contributed by atoms with E-state index in [-0.39, 0.29) is 6.09 Å².